The van der Waals surface area contributed by atoms with Gasteiger partial charge in [0.1, 0.15) is 34.0 Å². The Balaban J connectivity index is 1.19. The van der Waals surface area contributed by atoms with Crippen molar-refractivity contribution in [3.8, 4) is 11.5 Å². The first-order valence-electron chi connectivity index (χ1n) is 28.6. The standard InChI is InChI=1S/C62H79ClN8O13S/c1-59(2,3)82-56(73)69(57(74)83-60(4,5)6)54-53-49(70(64-54)58(75)84-61(7,8)9)15-14-16-51(53)81-52-35-43(68-33-31-67(32-34-68)38-40-29-30-62(10,11)37-47(40)39-17-19-41(63)20-18-39)23-27-46(52)55(72)65-85(78,79)45-26-28-48(50(36-45)71(76)77)66(12)42-21-24-44(80-13)25-22-42/h14-20,23,26-28,35-36,42,44H,21-22,24-25,29-34,37-38H2,1-13H3,(H,65,72). The van der Waals surface area contributed by atoms with E-state index in [9.17, 15) is 37.7 Å². The van der Waals surface area contributed by atoms with Crippen LogP contribution in [0, 0.1) is 15.5 Å². The van der Waals surface area contributed by atoms with E-state index in [0.29, 0.717) is 54.6 Å². The van der Waals surface area contributed by atoms with Crippen LogP contribution in [0.25, 0.3) is 16.5 Å². The van der Waals surface area contributed by atoms with Gasteiger partial charge in [-0.3, -0.25) is 19.8 Å². The Bertz CT molecular complexity index is 3460. The number of nitrogens with zero attached hydrogens (tertiary/aromatic N) is 7. The maximum Gasteiger partial charge on any atom is 0.435 e. The molecule has 85 heavy (non-hydrogen) atoms. The minimum atomic E-state index is -4.83. The third kappa shape index (κ3) is 15.6. The van der Waals surface area contributed by atoms with Gasteiger partial charge in [0, 0.05) is 75.8 Å². The molecule has 0 radical (unpaired) electrons. The van der Waals surface area contributed by atoms with Gasteiger partial charge in [0.25, 0.3) is 21.6 Å². The quantitative estimate of drug-likeness (QED) is 0.0618. The normalized spacial score (nSPS) is 17.9. The van der Waals surface area contributed by atoms with Crippen LogP contribution in [0.5, 0.6) is 11.5 Å². The SMILES string of the molecule is COC1CCC(N(C)c2ccc(S(=O)(=O)NC(=O)c3ccc(N4CCN(CC5=C(c6ccc(Cl)cc6)CC(C)(C)CC5)CC4)cc3Oc3cccc4c3c(N(C(=O)OC(C)(C)C)C(=O)OC(C)(C)C)nn4C(=O)OC(C)(C)C)cc2[N+](=O)[O-])CC1. The number of aromatic nitrogens is 2. The molecule has 23 heteroatoms. The topological polar surface area (TPSA) is 235 Å². The number of hydrogen-bond acceptors (Lipinski definition) is 17. The second-order valence-electron chi connectivity index (χ2n) is 25.8. The molecule has 21 nitrogen and oxygen atoms in total. The van der Waals surface area contributed by atoms with Gasteiger partial charge in [-0.05, 0) is 172 Å². The van der Waals surface area contributed by atoms with Crippen molar-refractivity contribution in [1.82, 2.24) is 19.4 Å². The molecule has 1 saturated carbocycles. The van der Waals surface area contributed by atoms with E-state index in [-0.39, 0.29) is 51.2 Å². The van der Waals surface area contributed by atoms with Crippen LogP contribution in [0.1, 0.15) is 137 Å². The Kier molecular flexibility index (Phi) is 18.7. The number of anilines is 3. The fourth-order valence-electron chi connectivity index (χ4n) is 10.9. The van der Waals surface area contributed by atoms with Crippen LogP contribution < -0.4 is 24.2 Å². The number of piperazine rings is 1. The number of carbonyl (C=O) groups is 4. The maximum atomic E-state index is 14.7. The maximum absolute atomic E-state index is 14.7. The molecule has 3 amide bonds. The summed E-state index contributed by atoms with van der Waals surface area (Å²) >= 11 is 6.31. The molecule has 4 aromatic carbocycles. The van der Waals surface area contributed by atoms with E-state index in [1.165, 1.54) is 47.5 Å². The Morgan fingerprint density at radius 3 is 2.02 bits per heavy atom. The van der Waals surface area contributed by atoms with Crippen LogP contribution in [0.15, 0.2) is 89.3 Å². The van der Waals surface area contributed by atoms with E-state index in [1.807, 2.05) is 12.1 Å². The number of rotatable bonds is 14. The van der Waals surface area contributed by atoms with Gasteiger partial charge in [-0.2, -0.15) is 9.58 Å². The molecule has 5 aromatic rings. The summed E-state index contributed by atoms with van der Waals surface area (Å²) < 4.78 is 61.1. The smallest absolute Gasteiger partial charge is 0.435 e. The average Bonchev–Trinajstić information content (AvgIpc) is 1.92. The molecular formula is C62H79ClN8O13S. The third-order valence-corrected chi connectivity index (χ3v) is 16.7. The predicted molar refractivity (Wildman–Crippen MR) is 327 cm³/mol. The van der Waals surface area contributed by atoms with E-state index in [4.69, 9.17) is 35.3 Å². The molecule has 1 saturated heterocycles. The number of nitro groups is 1. The molecule has 0 unspecified atom stereocenters. The van der Waals surface area contributed by atoms with Gasteiger partial charge in [0.2, 0.25) is 0 Å². The van der Waals surface area contributed by atoms with Gasteiger partial charge in [-0.15, -0.1) is 5.10 Å². The molecule has 1 aromatic heterocycles. The molecule has 2 aliphatic carbocycles. The summed E-state index contributed by atoms with van der Waals surface area (Å²) in [5.41, 5.74) is 0.734. The number of sulfonamides is 1. The van der Waals surface area contributed by atoms with Crippen molar-refractivity contribution in [3.63, 3.8) is 0 Å². The summed E-state index contributed by atoms with van der Waals surface area (Å²) in [6.45, 7) is 22.4. The van der Waals surface area contributed by atoms with Crippen molar-refractivity contribution in [2.75, 3.05) is 61.6 Å². The number of halogens is 1. The predicted octanol–water partition coefficient (Wildman–Crippen LogP) is 13.1. The molecule has 2 fully saturated rings. The molecule has 0 bridgehead atoms. The van der Waals surface area contributed by atoms with E-state index in [0.717, 1.165) is 55.0 Å². The number of nitrogens with one attached hydrogen (secondary N) is 1. The van der Waals surface area contributed by atoms with Gasteiger partial charge >= 0.3 is 18.3 Å². The lowest BCUT2D eigenvalue weighted by Crippen LogP contribution is -2.47. The van der Waals surface area contributed by atoms with Crippen molar-refractivity contribution >= 4 is 85.2 Å². The Morgan fingerprint density at radius 2 is 1.44 bits per heavy atom. The number of allylic oxidation sites excluding steroid dienone is 1. The first-order valence-corrected chi connectivity index (χ1v) is 30.4. The lowest BCUT2D eigenvalue weighted by Gasteiger charge is -2.39. The molecule has 458 valence electrons. The molecule has 0 spiro atoms. The fraction of sp³-hybridized carbons (Fsp3) is 0.500. The van der Waals surface area contributed by atoms with Crippen LogP contribution in [0.3, 0.4) is 0 Å². The average molecular weight is 1210 g/mol. The van der Waals surface area contributed by atoms with Crippen molar-refractivity contribution in [2.24, 2.45) is 5.41 Å². The number of fused-ring (bicyclic) bond motifs is 1. The number of methoxy groups -OCH3 is 1. The number of nitro benzene ring substituents is 1. The highest BCUT2D eigenvalue weighted by molar-refractivity contribution is 7.90. The largest absolute Gasteiger partial charge is 0.456 e. The van der Waals surface area contributed by atoms with Crippen molar-refractivity contribution in [1.29, 1.82) is 0 Å². The van der Waals surface area contributed by atoms with Crippen molar-refractivity contribution < 1.29 is 56.2 Å². The van der Waals surface area contributed by atoms with Gasteiger partial charge < -0.3 is 33.5 Å². The lowest BCUT2D eigenvalue weighted by atomic mass is 9.72. The van der Waals surface area contributed by atoms with Crippen molar-refractivity contribution in [3.05, 3.63) is 111 Å². The number of ether oxygens (including phenoxy) is 5. The molecule has 2 heterocycles. The summed E-state index contributed by atoms with van der Waals surface area (Å²) in [6.07, 6.45) is 2.56. The first-order chi connectivity index (χ1) is 39.7. The number of benzene rings is 4. The summed E-state index contributed by atoms with van der Waals surface area (Å²) in [7, 11) is -1.45. The van der Waals surface area contributed by atoms with Crippen LogP contribution in [0.2, 0.25) is 5.02 Å². The number of imide groups is 1. The van der Waals surface area contributed by atoms with E-state index in [1.54, 1.807) is 93.5 Å². The van der Waals surface area contributed by atoms with Gasteiger partial charge in [-0.1, -0.05) is 49.2 Å². The Labute approximate surface area is 502 Å². The second-order valence-corrected chi connectivity index (χ2v) is 27.9. The zero-order valence-corrected chi connectivity index (χ0v) is 52.4. The molecule has 8 rings (SSSR count). The molecule has 1 N–H and O–H groups in total. The summed E-state index contributed by atoms with van der Waals surface area (Å²) in [4.78, 5) is 75.7. The summed E-state index contributed by atoms with van der Waals surface area (Å²) in [5.74, 6) is -1.96. The zero-order valence-electron chi connectivity index (χ0n) is 50.9. The number of carbonyl (C=O) groups excluding carboxylic acids is 4. The first kappa shape index (κ1) is 63.7. The molecular weight excluding hydrogens is 1130 g/mol. The van der Waals surface area contributed by atoms with Crippen LogP contribution >= 0.6 is 11.6 Å². The molecule has 0 atom stereocenters. The summed E-state index contributed by atoms with van der Waals surface area (Å²) in [5, 5.41) is 17.7. The minimum absolute atomic E-state index is 0.00562. The van der Waals surface area contributed by atoms with E-state index >= 15 is 0 Å². The van der Waals surface area contributed by atoms with Crippen LogP contribution in [0.4, 0.5) is 37.3 Å². The lowest BCUT2D eigenvalue weighted by molar-refractivity contribution is -0.384. The highest BCUT2D eigenvalue weighted by Crippen LogP contribution is 2.45. The third-order valence-electron chi connectivity index (χ3n) is 15.1. The highest BCUT2D eigenvalue weighted by Gasteiger charge is 2.39. The number of hydrogen-bond donors (Lipinski definition) is 1. The Morgan fingerprint density at radius 1 is 0.812 bits per heavy atom. The monoisotopic (exact) mass is 1210 g/mol. The zero-order chi connectivity index (χ0) is 62.1. The molecule has 1 aliphatic heterocycles. The van der Waals surface area contributed by atoms with E-state index in [2.05, 4.69) is 45.6 Å². The second kappa shape index (κ2) is 25.0. The highest BCUT2D eigenvalue weighted by atomic mass is 35.5. The van der Waals surface area contributed by atoms with Gasteiger partial charge in [-0.25, -0.2) is 27.5 Å². The van der Waals surface area contributed by atoms with Gasteiger partial charge in [0.05, 0.1) is 32.4 Å². The van der Waals surface area contributed by atoms with Crippen LogP contribution in [-0.4, -0.2) is 128 Å². The Hall–Kier alpha value is -7.27. The minimum Gasteiger partial charge on any atom is -0.456 e. The number of amides is 3. The van der Waals surface area contributed by atoms with Gasteiger partial charge in [0.15, 0.2) is 5.82 Å². The van der Waals surface area contributed by atoms with E-state index < -0.39 is 72.3 Å². The van der Waals surface area contributed by atoms with Crippen molar-refractivity contribution in [2.45, 2.75) is 155 Å². The van der Waals surface area contributed by atoms with Crippen LogP contribution in [-0.2, 0) is 29.0 Å². The summed E-state index contributed by atoms with van der Waals surface area (Å²) in [6, 6.07) is 20.6. The fourth-order valence-corrected chi connectivity index (χ4v) is 12.0. The molecule has 3 aliphatic rings.